The van der Waals surface area contributed by atoms with E-state index in [1.54, 1.807) is 22.7 Å². The number of thiophene rings is 2. The predicted octanol–water partition coefficient (Wildman–Crippen LogP) is 3.30. The molecule has 23 heavy (non-hydrogen) atoms. The zero-order valence-corrected chi connectivity index (χ0v) is 14.5. The zero-order valence-electron chi connectivity index (χ0n) is 12.1. The fourth-order valence-electron chi connectivity index (χ4n) is 2.11. The molecule has 0 saturated heterocycles. The zero-order chi connectivity index (χ0) is 15.8. The summed E-state index contributed by atoms with van der Waals surface area (Å²) in [4.78, 5) is 19.7. The lowest BCUT2D eigenvalue weighted by atomic mass is 10.3. The molecule has 4 heterocycles. The molecule has 0 aromatic carbocycles. The molecule has 0 radical (unpaired) electrons. The maximum Gasteiger partial charge on any atom is 0.291 e. The average Bonchev–Trinajstić information content (AvgIpc) is 3.28. The van der Waals surface area contributed by atoms with E-state index in [9.17, 15) is 4.79 Å². The molecule has 0 bridgehead atoms. The van der Waals surface area contributed by atoms with Crippen LogP contribution in [0.5, 0.6) is 0 Å². The summed E-state index contributed by atoms with van der Waals surface area (Å²) in [5.74, 6) is 0.556. The average molecular weight is 357 g/mol. The van der Waals surface area contributed by atoms with Gasteiger partial charge >= 0.3 is 0 Å². The van der Waals surface area contributed by atoms with Crippen LogP contribution in [0.3, 0.4) is 0 Å². The highest BCUT2D eigenvalue weighted by atomic mass is 32.1. The van der Waals surface area contributed by atoms with Crippen molar-refractivity contribution in [3.8, 4) is 0 Å². The van der Waals surface area contributed by atoms with Gasteiger partial charge in [-0.05, 0) is 53.6 Å². The van der Waals surface area contributed by atoms with Gasteiger partial charge in [-0.25, -0.2) is 0 Å². The van der Waals surface area contributed by atoms with E-state index in [1.165, 1.54) is 21.4 Å². The van der Waals surface area contributed by atoms with Crippen molar-refractivity contribution in [2.75, 3.05) is 0 Å². The minimum Gasteiger partial charge on any atom is -0.266 e. The van der Waals surface area contributed by atoms with Crippen LogP contribution in [0.1, 0.15) is 21.1 Å². The summed E-state index contributed by atoms with van der Waals surface area (Å²) >= 11 is 4.65. The quantitative estimate of drug-likeness (QED) is 0.565. The molecule has 4 nitrogen and oxygen atoms in total. The molecule has 4 aromatic rings. The second-order valence-electron chi connectivity index (χ2n) is 4.90. The molecule has 0 atom stereocenters. The highest BCUT2D eigenvalue weighted by Crippen LogP contribution is 2.16. The standard InChI is InChI=1S/C16H11N3OS3/c1-10-6-8-22-12(10)9-13-15(20)19-16(23-13)17-14(18-19)5-4-11-3-2-7-21-11/h2-9H,1H3/b5-4+,13-9+. The van der Waals surface area contributed by atoms with E-state index in [0.29, 0.717) is 15.3 Å². The van der Waals surface area contributed by atoms with Gasteiger partial charge < -0.3 is 0 Å². The van der Waals surface area contributed by atoms with E-state index < -0.39 is 0 Å². The molecule has 0 saturated carbocycles. The Balaban J connectivity index is 1.74. The van der Waals surface area contributed by atoms with Crippen LogP contribution in [-0.2, 0) is 0 Å². The van der Waals surface area contributed by atoms with Crippen molar-refractivity contribution in [2.24, 2.45) is 0 Å². The van der Waals surface area contributed by atoms with Gasteiger partial charge in [-0.1, -0.05) is 17.4 Å². The van der Waals surface area contributed by atoms with Gasteiger partial charge in [0.05, 0.1) is 4.53 Å². The third-order valence-corrected chi connectivity index (χ3v) is 6.06. The van der Waals surface area contributed by atoms with Gasteiger partial charge in [0.2, 0.25) is 4.96 Å². The van der Waals surface area contributed by atoms with Crippen LogP contribution in [0.25, 0.3) is 23.2 Å². The van der Waals surface area contributed by atoms with Gasteiger partial charge in [-0.15, -0.1) is 27.8 Å². The summed E-state index contributed by atoms with van der Waals surface area (Å²) in [6, 6.07) is 6.06. The first-order valence-electron chi connectivity index (χ1n) is 6.88. The summed E-state index contributed by atoms with van der Waals surface area (Å²) < 4.78 is 2.05. The van der Waals surface area contributed by atoms with Gasteiger partial charge in [0, 0.05) is 9.75 Å². The van der Waals surface area contributed by atoms with Crippen molar-refractivity contribution in [3.05, 3.63) is 65.0 Å². The minimum atomic E-state index is -0.110. The van der Waals surface area contributed by atoms with Crippen LogP contribution in [0.15, 0.2) is 33.8 Å². The number of aryl methyl sites for hydroxylation is 1. The first-order valence-corrected chi connectivity index (χ1v) is 9.45. The highest BCUT2D eigenvalue weighted by Gasteiger charge is 2.09. The molecule has 0 fully saturated rings. The maximum absolute atomic E-state index is 12.4. The van der Waals surface area contributed by atoms with Crippen LogP contribution < -0.4 is 10.1 Å². The Kier molecular flexibility index (Phi) is 3.68. The van der Waals surface area contributed by atoms with Gasteiger partial charge in [0.1, 0.15) is 0 Å². The molecule has 0 amide bonds. The van der Waals surface area contributed by atoms with E-state index in [2.05, 4.69) is 10.1 Å². The Morgan fingerprint density at radius 1 is 1.17 bits per heavy atom. The lowest BCUT2D eigenvalue weighted by Gasteiger charge is -1.86. The molecule has 0 unspecified atom stereocenters. The van der Waals surface area contributed by atoms with E-state index in [0.717, 1.165) is 9.75 Å². The highest BCUT2D eigenvalue weighted by molar-refractivity contribution is 7.15. The van der Waals surface area contributed by atoms with Crippen molar-refractivity contribution in [1.29, 1.82) is 0 Å². The largest absolute Gasteiger partial charge is 0.291 e. The second-order valence-corrected chi connectivity index (χ2v) is 7.83. The van der Waals surface area contributed by atoms with Crippen LogP contribution in [0.2, 0.25) is 0 Å². The molecule has 0 spiro atoms. The third-order valence-electron chi connectivity index (χ3n) is 3.30. The molecule has 0 aliphatic carbocycles. The Labute approximate surface area is 143 Å². The van der Waals surface area contributed by atoms with Crippen molar-refractivity contribution in [2.45, 2.75) is 6.92 Å². The van der Waals surface area contributed by atoms with Crippen LogP contribution in [0.4, 0.5) is 0 Å². The van der Waals surface area contributed by atoms with Crippen LogP contribution >= 0.6 is 34.0 Å². The molecule has 7 heteroatoms. The summed E-state index contributed by atoms with van der Waals surface area (Å²) in [5.41, 5.74) is 1.06. The van der Waals surface area contributed by atoms with E-state index in [4.69, 9.17) is 0 Å². The van der Waals surface area contributed by atoms with E-state index >= 15 is 0 Å². The van der Waals surface area contributed by atoms with Gasteiger partial charge in [0.15, 0.2) is 5.82 Å². The first kappa shape index (κ1) is 14.5. The molecular weight excluding hydrogens is 346 g/mol. The SMILES string of the molecule is Cc1ccsc1/C=c1/sc2nc(/C=C/c3cccs3)nn2c1=O. The Bertz CT molecular complexity index is 1100. The van der Waals surface area contributed by atoms with Crippen molar-refractivity contribution < 1.29 is 0 Å². The lowest BCUT2D eigenvalue weighted by Crippen LogP contribution is -2.23. The fraction of sp³-hybridized carbons (Fsp3) is 0.0625. The van der Waals surface area contributed by atoms with Crippen molar-refractivity contribution in [1.82, 2.24) is 14.6 Å². The minimum absolute atomic E-state index is 0.110. The Hall–Kier alpha value is -2.09. The summed E-state index contributed by atoms with van der Waals surface area (Å²) in [5, 5.41) is 8.33. The number of fused-ring (bicyclic) bond motifs is 1. The third kappa shape index (κ3) is 2.78. The molecule has 114 valence electrons. The van der Waals surface area contributed by atoms with E-state index in [-0.39, 0.29) is 5.56 Å². The van der Waals surface area contributed by atoms with Crippen LogP contribution in [-0.4, -0.2) is 14.6 Å². The van der Waals surface area contributed by atoms with Gasteiger partial charge in [-0.2, -0.15) is 9.50 Å². The molecule has 4 aromatic heterocycles. The van der Waals surface area contributed by atoms with Crippen molar-refractivity contribution in [3.63, 3.8) is 0 Å². The number of nitrogens with zero attached hydrogens (tertiary/aromatic N) is 3. The number of thiazole rings is 1. The number of hydrogen-bond acceptors (Lipinski definition) is 6. The van der Waals surface area contributed by atoms with Gasteiger partial charge in [-0.3, -0.25) is 4.79 Å². The fourth-order valence-corrected chi connectivity index (χ4v) is 4.56. The van der Waals surface area contributed by atoms with Crippen molar-refractivity contribution >= 4 is 57.2 Å². The number of hydrogen-bond donors (Lipinski definition) is 0. The summed E-state index contributed by atoms with van der Waals surface area (Å²) in [6.45, 7) is 2.04. The monoisotopic (exact) mass is 357 g/mol. The number of aromatic nitrogens is 3. The maximum atomic E-state index is 12.4. The summed E-state index contributed by atoms with van der Waals surface area (Å²) in [6.07, 6.45) is 5.71. The molecular formula is C16H11N3OS3. The Morgan fingerprint density at radius 3 is 2.78 bits per heavy atom. The molecule has 0 aliphatic heterocycles. The topological polar surface area (TPSA) is 47.3 Å². The smallest absolute Gasteiger partial charge is 0.266 e. The second kappa shape index (κ2) is 5.84. The predicted molar refractivity (Wildman–Crippen MR) is 98.2 cm³/mol. The molecule has 0 aliphatic rings. The normalized spacial score (nSPS) is 12.8. The first-order chi connectivity index (χ1) is 11.2. The molecule has 0 N–H and O–H groups in total. The van der Waals surface area contributed by atoms with Gasteiger partial charge in [0.25, 0.3) is 5.56 Å². The number of rotatable bonds is 3. The van der Waals surface area contributed by atoms with Crippen LogP contribution in [0, 0.1) is 6.92 Å². The summed E-state index contributed by atoms with van der Waals surface area (Å²) in [7, 11) is 0. The Morgan fingerprint density at radius 2 is 2.09 bits per heavy atom. The van der Waals surface area contributed by atoms with E-state index in [1.807, 2.05) is 54.1 Å². The molecule has 4 rings (SSSR count). The lowest BCUT2D eigenvalue weighted by molar-refractivity contribution is 0.925.